The Kier molecular flexibility index (Phi) is 4.11. The molecule has 20 heavy (non-hydrogen) atoms. The summed E-state index contributed by atoms with van der Waals surface area (Å²) >= 11 is 2.99. The summed E-state index contributed by atoms with van der Waals surface area (Å²) in [6.45, 7) is 0.987. The molecule has 0 saturated carbocycles. The third-order valence-corrected chi connectivity index (χ3v) is 4.61. The molecule has 0 radical (unpaired) electrons. The van der Waals surface area contributed by atoms with Crippen LogP contribution in [0.4, 0.5) is 5.82 Å². The molecule has 1 aliphatic rings. The molecule has 0 aromatic carbocycles. The van der Waals surface area contributed by atoms with Crippen LogP contribution >= 0.6 is 23.5 Å². The van der Waals surface area contributed by atoms with Crippen molar-refractivity contribution in [3.8, 4) is 0 Å². The minimum absolute atomic E-state index is 0.488. The van der Waals surface area contributed by atoms with Gasteiger partial charge in [-0.2, -0.15) is 0 Å². The first-order valence-electron chi connectivity index (χ1n) is 6.55. The maximum absolute atomic E-state index is 5.81. The molecule has 0 amide bonds. The van der Waals surface area contributed by atoms with Gasteiger partial charge in [-0.1, -0.05) is 18.2 Å². The average Bonchev–Trinajstić information content (AvgIpc) is 2.67. The van der Waals surface area contributed by atoms with E-state index in [9.17, 15) is 0 Å². The quantitative estimate of drug-likeness (QED) is 0.529. The monoisotopic (exact) mass is 308 g/mol. The lowest BCUT2D eigenvalue weighted by molar-refractivity contribution is 0.590. The SMILES string of the molecule is CSc1nc(N)cc(Sc2nnc3n2CCCCC3)n1. The van der Waals surface area contributed by atoms with Crippen LogP contribution in [-0.2, 0) is 13.0 Å². The standard InChI is InChI=1S/C12H16N6S2/c1-19-11-14-8(13)7-10(15-11)20-12-17-16-9-5-3-2-4-6-18(9)12/h7H,2-6H2,1H3,(H2,13,14,15). The number of nitrogens with zero attached hydrogens (tertiary/aromatic N) is 5. The number of thioether (sulfide) groups is 1. The van der Waals surface area contributed by atoms with Gasteiger partial charge in [0.25, 0.3) is 0 Å². The smallest absolute Gasteiger partial charge is 0.197 e. The van der Waals surface area contributed by atoms with Gasteiger partial charge >= 0.3 is 0 Å². The summed E-state index contributed by atoms with van der Waals surface area (Å²) in [6, 6.07) is 1.78. The average molecular weight is 308 g/mol. The predicted octanol–water partition coefficient (Wildman–Crippen LogP) is 2.25. The molecule has 0 fully saturated rings. The third-order valence-electron chi connectivity index (χ3n) is 3.16. The van der Waals surface area contributed by atoms with Crippen LogP contribution in [0.15, 0.2) is 21.4 Å². The van der Waals surface area contributed by atoms with Crippen molar-refractivity contribution in [2.75, 3.05) is 12.0 Å². The number of anilines is 1. The van der Waals surface area contributed by atoms with Crippen LogP contribution < -0.4 is 5.73 Å². The van der Waals surface area contributed by atoms with Crippen molar-refractivity contribution in [3.05, 3.63) is 11.9 Å². The van der Waals surface area contributed by atoms with Gasteiger partial charge in [-0.25, -0.2) is 9.97 Å². The van der Waals surface area contributed by atoms with E-state index >= 15 is 0 Å². The number of hydrogen-bond acceptors (Lipinski definition) is 7. The highest BCUT2D eigenvalue weighted by Crippen LogP contribution is 2.29. The van der Waals surface area contributed by atoms with Crippen LogP contribution in [0.5, 0.6) is 0 Å². The van der Waals surface area contributed by atoms with Gasteiger partial charge in [-0.3, -0.25) is 0 Å². The van der Waals surface area contributed by atoms with Crippen molar-refractivity contribution in [3.63, 3.8) is 0 Å². The van der Waals surface area contributed by atoms with E-state index in [1.165, 1.54) is 42.8 Å². The Balaban J connectivity index is 1.88. The lowest BCUT2D eigenvalue weighted by Crippen LogP contribution is -2.02. The summed E-state index contributed by atoms with van der Waals surface area (Å²) in [6.07, 6.45) is 6.58. The van der Waals surface area contributed by atoms with Gasteiger partial charge < -0.3 is 10.3 Å². The molecule has 6 nitrogen and oxygen atoms in total. The normalized spacial score (nSPS) is 14.8. The lowest BCUT2D eigenvalue weighted by Gasteiger charge is -2.06. The van der Waals surface area contributed by atoms with E-state index in [2.05, 4.69) is 24.7 Å². The number of fused-ring (bicyclic) bond motifs is 1. The van der Waals surface area contributed by atoms with Crippen LogP contribution in [0.25, 0.3) is 0 Å². The number of nitrogen functional groups attached to an aromatic ring is 1. The van der Waals surface area contributed by atoms with Crippen LogP contribution in [0.3, 0.4) is 0 Å². The molecule has 3 heterocycles. The Bertz CT molecular complexity index is 612. The molecule has 2 aromatic heterocycles. The summed E-state index contributed by atoms with van der Waals surface area (Å²) in [5.41, 5.74) is 5.81. The molecule has 0 spiro atoms. The second-order valence-corrected chi connectivity index (χ2v) is 6.34. The summed E-state index contributed by atoms with van der Waals surface area (Å²) < 4.78 is 2.20. The van der Waals surface area contributed by atoms with E-state index in [1.807, 2.05) is 6.26 Å². The summed E-state index contributed by atoms with van der Waals surface area (Å²) in [7, 11) is 0. The molecule has 106 valence electrons. The molecule has 2 N–H and O–H groups in total. The Morgan fingerprint density at radius 2 is 2.10 bits per heavy atom. The lowest BCUT2D eigenvalue weighted by atomic mass is 10.2. The van der Waals surface area contributed by atoms with Crippen molar-refractivity contribution < 1.29 is 0 Å². The van der Waals surface area contributed by atoms with Gasteiger partial charge in [-0.05, 0) is 30.9 Å². The molecule has 0 unspecified atom stereocenters. The van der Waals surface area contributed by atoms with Gasteiger partial charge in [0, 0.05) is 19.0 Å². The first kappa shape index (κ1) is 13.7. The molecule has 1 aliphatic heterocycles. The van der Waals surface area contributed by atoms with E-state index in [4.69, 9.17) is 5.73 Å². The number of rotatable bonds is 3. The van der Waals surface area contributed by atoms with Gasteiger partial charge in [0.1, 0.15) is 16.7 Å². The molecule has 0 saturated heterocycles. The van der Waals surface area contributed by atoms with Gasteiger partial charge in [-0.15, -0.1) is 10.2 Å². The van der Waals surface area contributed by atoms with E-state index in [-0.39, 0.29) is 0 Å². The molecule has 8 heteroatoms. The Morgan fingerprint density at radius 3 is 2.95 bits per heavy atom. The van der Waals surface area contributed by atoms with Crippen molar-refractivity contribution >= 4 is 29.3 Å². The zero-order valence-corrected chi connectivity index (χ0v) is 12.9. The fourth-order valence-corrected chi connectivity index (χ4v) is 3.52. The molecule has 0 bridgehead atoms. The zero-order valence-electron chi connectivity index (χ0n) is 11.2. The van der Waals surface area contributed by atoms with Crippen molar-refractivity contribution in [1.29, 1.82) is 0 Å². The Morgan fingerprint density at radius 1 is 1.20 bits per heavy atom. The first-order chi connectivity index (χ1) is 9.76. The topological polar surface area (TPSA) is 82.5 Å². The van der Waals surface area contributed by atoms with E-state index in [1.54, 1.807) is 6.07 Å². The van der Waals surface area contributed by atoms with E-state index < -0.39 is 0 Å². The molecule has 0 atom stereocenters. The number of aryl methyl sites for hydroxylation is 1. The largest absolute Gasteiger partial charge is 0.384 e. The highest BCUT2D eigenvalue weighted by Gasteiger charge is 2.16. The summed E-state index contributed by atoms with van der Waals surface area (Å²) in [4.78, 5) is 8.61. The maximum Gasteiger partial charge on any atom is 0.197 e. The molecule has 3 rings (SSSR count). The highest BCUT2D eigenvalue weighted by molar-refractivity contribution is 7.99. The fraction of sp³-hybridized carbons (Fsp3) is 0.500. The van der Waals surface area contributed by atoms with Crippen LogP contribution in [0, 0.1) is 0 Å². The third kappa shape index (κ3) is 2.90. The van der Waals surface area contributed by atoms with Crippen molar-refractivity contribution in [2.24, 2.45) is 0 Å². The Labute approximate surface area is 126 Å². The summed E-state index contributed by atoms with van der Waals surface area (Å²) in [5, 5.41) is 11.0. The van der Waals surface area contributed by atoms with Crippen molar-refractivity contribution in [1.82, 2.24) is 24.7 Å². The van der Waals surface area contributed by atoms with Crippen molar-refractivity contribution in [2.45, 2.75) is 47.6 Å². The zero-order chi connectivity index (χ0) is 13.9. The molecular formula is C12H16N6S2. The number of aromatic nitrogens is 5. The maximum atomic E-state index is 5.81. The van der Waals surface area contributed by atoms with E-state index in [0.717, 1.165) is 29.0 Å². The number of nitrogens with two attached hydrogens (primary N) is 1. The Hall–Kier alpha value is -1.28. The molecule has 2 aromatic rings. The number of hydrogen-bond donors (Lipinski definition) is 1. The highest BCUT2D eigenvalue weighted by atomic mass is 32.2. The molecule has 0 aliphatic carbocycles. The fourth-order valence-electron chi connectivity index (χ4n) is 2.19. The van der Waals surface area contributed by atoms with Crippen LogP contribution in [-0.4, -0.2) is 31.0 Å². The predicted molar refractivity (Wildman–Crippen MR) is 79.9 cm³/mol. The molecular weight excluding hydrogens is 292 g/mol. The van der Waals surface area contributed by atoms with Crippen LogP contribution in [0.1, 0.15) is 25.1 Å². The van der Waals surface area contributed by atoms with Gasteiger partial charge in [0.2, 0.25) is 0 Å². The first-order valence-corrected chi connectivity index (χ1v) is 8.59. The van der Waals surface area contributed by atoms with Gasteiger partial charge in [0.05, 0.1) is 0 Å². The van der Waals surface area contributed by atoms with Crippen LogP contribution in [0.2, 0.25) is 0 Å². The van der Waals surface area contributed by atoms with Gasteiger partial charge in [0.15, 0.2) is 10.3 Å². The second kappa shape index (κ2) is 6.01. The minimum Gasteiger partial charge on any atom is -0.384 e. The van der Waals surface area contributed by atoms with E-state index in [0.29, 0.717) is 11.0 Å². The summed E-state index contributed by atoms with van der Waals surface area (Å²) in [5.74, 6) is 1.57. The minimum atomic E-state index is 0.488. The second-order valence-electron chi connectivity index (χ2n) is 4.58.